The third-order valence-electron chi connectivity index (χ3n) is 4.23. The lowest BCUT2D eigenvalue weighted by atomic mass is 10.2. The normalized spacial score (nSPS) is 11.3. The zero-order valence-electron chi connectivity index (χ0n) is 17.5. The summed E-state index contributed by atoms with van der Waals surface area (Å²) >= 11 is 1.79. The van der Waals surface area contributed by atoms with E-state index in [4.69, 9.17) is 5.11 Å². The van der Waals surface area contributed by atoms with Gasteiger partial charge in [0.15, 0.2) is 0 Å². The number of phenolic OH excluding ortho intramolecular Hbond substituents is 1. The number of hydrogen-bond acceptors (Lipinski definition) is 5. The molecule has 1 N–H and O–H groups in total. The van der Waals surface area contributed by atoms with E-state index in [0.29, 0.717) is 6.07 Å². The van der Waals surface area contributed by atoms with Gasteiger partial charge in [-0.3, -0.25) is 0 Å². The standard InChI is InChI=1S/C13H9F3O4S.C12H10S/c14-13(15,16)11-3-1-2-4-12(11)21(18,19)20-10-7-5-9(17)6-8-10;1-3-7-11(8-4-1)13-12-9-5-2-6-10-12/h1-8,17H;1-10H. The van der Waals surface area contributed by atoms with Crippen LogP contribution in [0.15, 0.2) is 124 Å². The Morgan fingerprint density at radius 3 is 1.65 bits per heavy atom. The molecule has 0 aromatic heterocycles. The molecular formula is C25H19F3O4S2. The lowest BCUT2D eigenvalue weighted by molar-refractivity contribution is -0.139. The summed E-state index contributed by atoms with van der Waals surface area (Å²) in [6.07, 6.45) is -4.82. The second kappa shape index (κ2) is 11.1. The highest BCUT2D eigenvalue weighted by atomic mass is 32.2. The lowest BCUT2D eigenvalue weighted by Crippen LogP contribution is -2.17. The summed E-state index contributed by atoms with van der Waals surface area (Å²) in [5.41, 5.74) is -1.30. The molecule has 0 saturated carbocycles. The quantitative estimate of drug-likeness (QED) is 0.296. The first kappa shape index (κ1) is 25.2. The van der Waals surface area contributed by atoms with Crippen molar-refractivity contribution in [2.24, 2.45) is 0 Å². The molecule has 0 aliphatic carbocycles. The van der Waals surface area contributed by atoms with Crippen molar-refractivity contribution in [2.45, 2.75) is 20.9 Å². The Bertz CT molecular complexity index is 1260. The first-order chi connectivity index (χ1) is 16.1. The summed E-state index contributed by atoms with van der Waals surface area (Å²) in [7, 11) is -4.64. The largest absolute Gasteiger partial charge is 0.508 e. The van der Waals surface area contributed by atoms with Crippen molar-refractivity contribution in [1.82, 2.24) is 0 Å². The number of benzene rings is 4. The zero-order chi connectivity index (χ0) is 24.6. The van der Waals surface area contributed by atoms with Gasteiger partial charge in [-0.05, 0) is 60.7 Å². The Balaban J connectivity index is 0.000000212. The molecule has 4 nitrogen and oxygen atoms in total. The molecule has 0 atom stereocenters. The molecule has 34 heavy (non-hydrogen) atoms. The number of rotatable bonds is 5. The Morgan fingerprint density at radius 1 is 0.676 bits per heavy atom. The van der Waals surface area contributed by atoms with Crippen LogP contribution in [-0.4, -0.2) is 13.5 Å². The van der Waals surface area contributed by atoms with Crippen molar-refractivity contribution < 1.29 is 30.9 Å². The van der Waals surface area contributed by atoms with Crippen LogP contribution in [0.4, 0.5) is 13.2 Å². The molecule has 4 aromatic carbocycles. The minimum atomic E-state index is -4.82. The van der Waals surface area contributed by atoms with E-state index in [0.717, 1.165) is 36.4 Å². The molecule has 0 amide bonds. The average Bonchev–Trinajstić information content (AvgIpc) is 2.82. The predicted octanol–water partition coefficient (Wildman–Crippen LogP) is 7.02. The molecule has 0 fully saturated rings. The molecule has 0 bridgehead atoms. The lowest BCUT2D eigenvalue weighted by Gasteiger charge is -2.13. The molecule has 0 unspecified atom stereocenters. The highest BCUT2D eigenvalue weighted by Crippen LogP contribution is 2.35. The number of halogens is 3. The summed E-state index contributed by atoms with van der Waals surface area (Å²) in [5, 5.41) is 9.07. The van der Waals surface area contributed by atoms with E-state index in [9.17, 15) is 21.6 Å². The molecule has 9 heteroatoms. The van der Waals surface area contributed by atoms with E-state index in [2.05, 4.69) is 52.7 Å². The fourth-order valence-corrected chi connectivity index (χ4v) is 4.72. The topological polar surface area (TPSA) is 63.6 Å². The van der Waals surface area contributed by atoms with E-state index in [-0.39, 0.29) is 11.5 Å². The van der Waals surface area contributed by atoms with Crippen molar-refractivity contribution in [1.29, 1.82) is 0 Å². The van der Waals surface area contributed by atoms with E-state index in [1.807, 2.05) is 12.1 Å². The Labute approximate surface area is 199 Å². The van der Waals surface area contributed by atoms with Crippen LogP contribution in [0.2, 0.25) is 0 Å². The van der Waals surface area contributed by atoms with Gasteiger partial charge in [-0.1, -0.05) is 60.3 Å². The Hall–Kier alpha value is -3.43. The van der Waals surface area contributed by atoms with Gasteiger partial charge in [0.1, 0.15) is 16.4 Å². The summed E-state index contributed by atoms with van der Waals surface area (Å²) in [4.78, 5) is 1.60. The van der Waals surface area contributed by atoms with Gasteiger partial charge in [-0.25, -0.2) is 0 Å². The summed E-state index contributed by atoms with van der Waals surface area (Å²) in [5.74, 6) is -0.333. The van der Waals surface area contributed by atoms with Crippen molar-refractivity contribution in [3.63, 3.8) is 0 Å². The SMILES string of the molecule is O=S(=O)(Oc1ccc(O)cc1)c1ccccc1C(F)(F)F.c1ccc(Sc2ccccc2)cc1. The third-order valence-corrected chi connectivity index (χ3v) is 6.55. The van der Waals surface area contributed by atoms with Crippen molar-refractivity contribution >= 4 is 21.9 Å². The van der Waals surface area contributed by atoms with Crippen LogP contribution in [-0.2, 0) is 16.3 Å². The minimum absolute atomic E-state index is 0.129. The molecule has 176 valence electrons. The average molecular weight is 505 g/mol. The number of phenols is 1. The molecular weight excluding hydrogens is 485 g/mol. The molecule has 0 aliphatic heterocycles. The monoisotopic (exact) mass is 504 g/mol. The highest BCUT2D eigenvalue weighted by Gasteiger charge is 2.37. The Kier molecular flexibility index (Phi) is 8.25. The van der Waals surface area contributed by atoms with Crippen molar-refractivity contribution in [2.75, 3.05) is 0 Å². The van der Waals surface area contributed by atoms with Crippen LogP contribution in [0.5, 0.6) is 11.5 Å². The fraction of sp³-hybridized carbons (Fsp3) is 0.0400. The Morgan fingerprint density at radius 2 is 1.15 bits per heavy atom. The summed E-state index contributed by atoms with van der Waals surface area (Å²) < 4.78 is 67.0. The van der Waals surface area contributed by atoms with Gasteiger partial charge in [-0.15, -0.1) is 0 Å². The number of alkyl halides is 3. The minimum Gasteiger partial charge on any atom is -0.508 e. The maximum absolute atomic E-state index is 12.8. The smallest absolute Gasteiger partial charge is 0.417 e. The van der Waals surface area contributed by atoms with Gasteiger partial charge in [-0.2, -0.15) is 21.6 Å². The molecule has 0 saturated heterocycles. The molecule has 4 aromatic rings. The van der Waals surface area contributed by atoms with Crippen molar-refractivity contribution in [3.05, 3.63) is 115 Å². The van der Waals surface area contributed by atoms with Gasteiger partial charge in [0.05, 0.1) is 5.56 Å². The molecule has 0 heterocycles. The molecule has 4 rings (SSSR count). The van der Waals surface area contributed by atoms with Crippen LogP contribution in [0, 0.1) is 0 Å². The fourth-order valence-electron chi connectivity index (χ4n) is 2.71. The van der Waals surface area contributed by atoms with E-state index in [1.54, 1.807) is 11.8 Å². The van der Waals surface area contributed by atoms with Crippen molar-refractivity contribution in [3.8, 4) is 11.5 Å². The second-order valence-electron chi connectivity index (χ2n) is 6.75. The molecule has 0 radical (unpaired) electrons. The summed E-state index contributed by atoms with van der Waals surface area (Å²) in [6.45, 7) is 0. The highest BCUT2D eigenvalue weighted by molar-refractivity contribution is 7.99. The molecule has 0 spiro atoms. The van der Waals surface area contributed by atoms with Gasteiger partial charge in [0.2, 0.25) is 0 Å². The van der Waals surface area contributed by atoms with Crippen LogP contribution in [0.25, 0.3) is 0 Å². The van der Waals surface area contributed by atoms with Gasteiger partial charge < -0.3 is 9.29 Å². The zero-order valence-corrected chi connectivity index (χ0v) is 19.1. The van der Waals surface area contributed by atoms with E-state index < -0.39 is 26.8 Å². The van der Waals surface area contributed by atoms with E-state index in [1.165, 1.54) is 15.9 Å². The van der Waals surface area contributed by atoms with Crippen LogP contribution in [0.1, 0.15) is 5.56 Å². The van der Waals surface area contributed by atoms with Crippen LogP contribution in [0.3, 0.4) is 0 Å². The third kappa shape index (κ3) is 7.29. The first-order valence-electron chi connectivity index (χ1n) is 9.83. The van der Waals surface area contributed by atoms with Crippen LogP contribution >= 0.6 is 11.8 Å². The van der Waals surface area contributed by atoms with Gasteiger partial charge in [0, 0.05) is 9.79 Å². The summed E-state index contributed by atoms with van der Waals surface area (Å²) in [6, 6.07) is 29.1. The van der Waals surface area contributed by atoms with Gasteiger partial charge in [0.25, 0.3) is 0 Å². The number of aromatic hydroxyl groups is 1. The predicted molar refractivity (Wildman–Crippen MR) is 124 cm³/mol. The maximum atomic E-state index is 12.8. The second-order valence-corrected chi connectivity index (χ2v) is 9.42. The first-order valence-corrected chi connectivity index (χ1v) is 12.1. The van der Waals surface area contributed by atoms with Gasteiger partial charge >= 0.3 is 16.3 Å². The van der Waals surface area contributed by atoms with Crippen LogP contribution < -0.4 is 4.18 Å². The maximum Gasteiger partial charge on any atom is 0.417 e. The molecule has 0 aliphatic rings. The van der Waals surface area contributed by atoms with E-state index >= 15 is 0 Å². The number of hydrogen-bond donors (Lipinski definition) is 1.